The van der Waals surface area contributed by atoms with Crippen LogP contribution in [0.1, 0.15) is 22.8 Å². The molecule has 0 radical (unpaired) electrons. The number of benzene rings is 1. The van der Waals surface area contributed by atoms with Gasteiger partial charge in [-0.1, -0.05) is 30.3 Å². The van der Waals surface area contributed by atoms with E-state index in [0.29, 0.717) is 24.5 Å². The summed E-state index contributed by atoms with van der Waals surface area (Å²) in [5.41, 5.74) is 1.71. The molecule has 2 heterocycles. The summed E-state index contributed by atoms with van der Waals surface area (Å²) in [6.45, 7) is 3.42. The summed E-state index contributed by atoms with van der Waals surface area (Å²) < 4.78 is 0. The van der Waals surface area contributed by atoms with Crippen LogP contribution in [0.25, 0.3) is 0 Å². The second-order valence-corrected chi connectivity index (χ2v) is 6.10. The molecule has 1 aromatic heterocycles. The second kappa shape index (κ2) is 7.79. The largest absolute Gasteiger partial charge is 0.352 e. The molecule has 6 heteroatoms. The SMILES string of the molecule is CCNC(=O)c1ccc(N2CC(=O)N[C@@H](Cc3ccccc3)C2)nc1. The number of carbonyl (C=O) groups is 2. The van der Waals surface area contributed by atoms with Crippen LogP contribution in [0, 0.1) is 0 Å². The van der Waals surface area contributed by atoms with E-state index < -0.39 is 0 Å². The van der Waals surface area contributed by atoms with Gasteiger partial charge in [0.1, 0.15) is 5.82 Å². The van der Waals surface area contributed by atoms with Crippen molar-refractivity contribution in [3.05, 3.63) is 59.8 Å². The van der Waals surface area contributed by atoms with Crippen molar-refractivity contribution in [2.45, 2.75) is 19.4 Å². The minimum absolute atomic E-state index is 0.0122. The molecule has 1 aliphatic rings. The summed E-state index contributed by atoms with van der Waals surface area (Å²) in [6, 6.07) is 13.7. The van der Waals surface area contributed by atoms with E-state index >= 15 is 0 Å². The fourth-order valence-electron chi connectivity index (χ4n) is 2.98. The molecule has 2 aromatic rings. The number of nitrogens with one attached hydrogen (secondary N) is 2. The maximum atomic E-state index is 12.1. The Labute approximate surface area is 147 Å². The highest BCUT2D eigenvalue weighted by Gasteiger charge is 2.25. The fourth-order valence-corrected chi connectivity index (χ4v) is 2.98. The summed E-state index contributed by atoms with van der Waals surface area (Å²) in [4.78, 5) is 30.2. The third-order valence-electron chi connectivity index (χ3n) is 4.14. The van der Waals surface area contributed by atoms with Crippen LogP contribution in [0.4, 0.5) is 5.82 Å². The molecular weight excluding hydrogens is 316 g/mol. The number of amides is 2. The van der Waals surface area contributed by atoms with Gasteiger partial charge in [0.25, 0.3) is 5.91 Å². The maximum absolute atomic E-state index is 12.1. The molecule has 1 fully saturated rings. The van der Waals surface area contributed by atoms with Crippen LogP contribution >= 0.6 is 0 Å². The predicted octanol–water partition coefficient (Wildman–Crippen LogP) is 1.38. The Balaban J connectivity index is 1.69. The molecule has 1 saturated heterocycles. The van der Waals surface area contributed by atoms with Crippen LogP contribution in [0.5, 0.6) is 0 Å². The van der Waals surface area contributed by atoms with Crippen LogP contribution in [0.2, 0.25) is 0 Å². The second-order valence-electron chi connectivity index (χ2n) is 6.10. The third kappa shape index (κ3) is 4.35. The van der Waals surface area contributed by atoms with Crippen molar-refractivity contribution in [2.75, 3.05) is 24.5 Å². The molecule has 2 amide bonds. The molecule has 2 N–H and O–H groups in total. The molecule has 1 aromatic carbocycles. The van der Waals surface area contributed by atoms with E-state index in [-0.39, 0.29) is 24.4 Å². The molecule has 6 nitrogen and oxygen atoms in total. The fraction of sp³-hybridized carbons (Fsp3) is 0.316. The number of hydrogen-bond donors (Lipinski definition) is 2. The van der Waals surface area contributed by atoms with Gasteiger partial charge in [-0.3, -0.25) is 9.59 Å². The lowest BCUT2D eigenvalue weighted by Gasteiger charge is -2.34. The van der Waals surface area contributed by atoms with Crippen LogP contribution < -0.4 is 15.5 Å². The lowest BCUT2D eigenvalue weighted by Crippen LogP contribution is -2.55. The average molecular weight is 338 g/mol. The number of piperazine rings is 1. The Morgan fingerprint density at radius 2 is 2.08 bits per heavy atom. The van der Waals surface area contributed by atoms with Gasteiger partial charge in [-0.2, -0.15) is 0 Å². The number of rotatable bonds is 5. The summed E-state index contributed by atoms with van der Waals surface area (Å²) >= 11 is 0. The Bertz CT molecular complexity index is 731. The lowest BCUT2D eigenvalue weighted by atomic mass is 10.0. The monoisotopic (exact) mass is 338 g/mol. The minimum Gasteiger partial charge on any atom is -0.352 e. The number of carbonyl (C=O) groups excluding carboxylic acids is 2. The molecule has 1 atom stereocenters. The normalized spacial score (nSPS) is 17.1. The molecule has 0 unspecified atom stereocenters. The van der Waals surface area contributed by atoms with Crippen LogP contribution in [0.15, 0.2) is 48.7 Å². The first kappa shape index (κ1) is 17.0. The molecule has 0 bridgehead atoms. The van der Waals surface area contributed by atoms with Gasteiger partial charge in [-0.25, -0.2) is 4.98 Å². The molecule has 3 rings (SSSR count). The highest BCUT2D eigenvalue weighted by atomic mass is 16.2. The number of aromatic nitrogens is 1. The Morgan fingerprint density at radius 3 is 2.76 bits per heavy atom. The topological polar surface area (TPSA) is 74.3 Å². The Kier molecular flexibility index (Phi) is 5.28. The lowest BCUT2D eigenvalue weighted by molar-refractivity contribution is -0.121. The van der Waals surface area contributed by atoms with Crippen LogP contribution in [0.3, 0.4) is 0 Å². The molecule has 0 spiro atoms. The van der Waals surface area contributed by atoms with Crippen LogP contribution in [-0.2, 0) is 11.2 Å². The van der Waals surface area contributed by atoms with Gasteiger partial charge in [0.15, 0.2) is 0 Å². The summed E-state index contributed by atoms with van der Waals surface area (Å²) in [6.07, 6.45) is 2.33. The first-order valence-corrected chi connectivity index (χ1v) is 8.48. The molecule has 0 aliphatic carbocycles. The van der Waals surface area contributed by atoms with Crippen molar-refractivity contribution in [3.8, 4) is 0 Å². The van der Waals surface area contributed by atoms with Gasteiger partial charge < -0.3 is 15.5 Å². The Morgan fingerprint density at radius 1 is 1.28 bits per heavy atom. The minimum atomic E-state index is -0.139. The highest BCUT2D eigenvalue weighted by molar-refractivity contribution is 5.94. The first-order chi connectivity index (χ1) is 12.2. The summed E-state index contributed by atoms with van der Waals surface area (Å²) in [7, 11) is 0. The zero-order valence-corrected chi connectivity index (χ0v) is 14.2. The van der Waals surface area contributed by atoms with E-state index in [1.54, 1.807) is 18.3 Å². The molecular formula is C19H22N4O2. The van der Waals surface area contributed by atoms with Gasteiger partial charge in [-0.05, 0) is 31.0 Å². The van der Waals surface area contributed by atoms with Crippen molar-refractivity contribution in [1.82, 2.24) is 15.6 Å². The number of hydrogen-bond acceptors (Lipinski definition) is 4. The van der Waals surface area contributed by atoms with Crippen molar-refractivity contribution in [1.29, 1.82) is 0 Å². The number of pyridine rings is 1. The van der Waals surface area contributed by atoms with Crippen molar-refractivity contribution in [3.63, 3.8) is 0 Å². The van der Waals surface area contributed by atoms with Gasteiger partial charge >= 0.3 is 0 Å². The van der Waals surface area contributed by atoms with Gasteiger partial charge in [0.2, 0.25) is 5.91 Å². The first-order valence-electron chi connectivity index (χ1n) is 8.48. The quantitative estimate of drug-likeness (QED) is 0.864. The van der Waals surface area contributed by atoms with E-state index in [4.69, 9.17) is 0 Å². The predicted molar refractivity (Wildman–Crippen MR) is 96.5 cm³/mol. The van der Waals surface area contributed by atoms with Crippen molar-refractivity contribution < 1.29 is 9.59 Å². The summed E-state index contributed by atoms with van der Waals surface area (Å²) in [5, 5.41) is 5.78. The smallest absolute Gasteiger partial charge is 0.252 e. The number of anilines is 1. The standard InChI is InChI=1S/C19H22N4O2/c1-2-20-19(25)15-8-9-17(21-11-15)23-12-16(22-18(24)13-23)10-14-6-4-3-5-7-14/h3-9,11,16H,2,10,12-13H2,1H3,(H,20,25)(H,22,24)/t16-/m0/s1. The Hall–Kier alpha value is -2.89. The molecule has 1 aliphatic heterocycles. The average Bonchev–Trinajstić information content (AvgIpc) is 2.62. The van der Waals surface area contributed by atoms with Crippen molar-refractivity contribution in [2.24, 2.45) is 0 Å². The number of nitrogens with zero attached hydrogens (tertiary/aromatic N) is 2. The van der Waals surface area contributed by atoms with E-state index in [1.165, 1.54) is 5.56 Å². The van der Waals surface area contributed by atoms with E-state index in [9.17, 15) is 9.59 Å². The van der Waals surface area contributed by atoms with Gasteiger partial charge in [0.05, 0.1) is 18.2 Å². The molecule has 0 saturated carbocycles. The summed E-state index contributed by atoms with van der Waals surface area (Å²) in [5.74, 6) is 0.558. The molecule has 130 valence electrons. The zero-order chi connectivity index (χ0) is 17.6. The zero-order valence-electron chi connectivity index (χ0n) is 14.2. The van der Waals surface area contributed by atoms with E-state index in [0.717, 1.165) is 6.42 Å². The maximum Gasteiger partial charge on any atom is 0.252 e. The van der Waals surface area contributed by atoms with Gasteiger partial charge in [-0.15, -0.1) is 0 Å². The van der Waals surface area contributed by atoms with Crippen LogP contribution in [-0.4, -0.2) is 42.5 Å². The molecule has 25 heavy (non-hydrogen) atoms. The van der Waals surface area contributed by atoms with E-state index in [2.05, 4.69) is 27.8 Å². The van der Waals surface area contributed by atoms with Crippen molar-refractivity contribution >= 4 is 17.6 Å². The highest BCUT2D eigenvalue weighted by Crippen LogP contribution is 2.16. The van der Waals surface area contributed by atoms with Gasteiger partial charge in [0, 0.05) is 19.3 Å². The third-order valence-corrected chi connectivity index (χ3v) is 4.14. The van der Waals surface area contributed by atoms with E-state index in [1.807, 2.05) is 30.0 Å².